The van der Waals surface area contributed by atoms with Gasteiger partial charge in [-0.2, -0.15) is 0 Å². The van der Waals surface area contributed by atoms with Crippen LogP contribution in [0.2, 0.25) is 0 Å². The smallest absolute Gasteiger partial charge is 0.257 e. The van der Waals surface area contributed by atoms with Crippen molar-refractivity contribution in [2.24, 2.45) is 0 Å². The normalized spacial score (nSPS) is 10.2. The van der Waals surface area contributed by atoms with Gasteiger partial charge in [-0.25, -0.2) is 0 Å². The Hall–Kier alpha value is -2.08. The summed E-state index contributed by atoms with van der Waals surface area (Å²) in [6.07, 6.45) is 3.22. The molecule has 0 saturated heterocycles. The van der Waals surface area contributed by atoms with Gasteiger partial charge in [0.05, 0.1) is 11.8 Å². The molecule has 0 bridgehead atoms. The fourth-order valence-corrected chi connectivity index (χ4v) is 1.96. The highest BCUT2D eigenvalue weighted by atomic mass is 79.9. The highest BCUT2D eigenvalue weighted by Crippen LogP contribution is 2.29. The summed E-state index contributed by atoms with van der Waals surface area (Å²) in [4.78, 5) is 17.6. The molecule has 2 N–H and O–H groups in total. The lowest BCUT2D eigenvalue weighted by molar-refractivity contribution is 0.0825. The minimum Gasteiger partial charge on any atom is -0.455 e. The highest BCUT2D eigenvalue weighted by Gasteiger charge is 2.15. The fourth-order valence-electron chi connectivity index (χ4n) is 1.62. The van der Waals surface area contributed by atoms with Gasteiger partial charge >= 0.3 is 0 Å². The van der Waals surface area contributed by atoms with Crippen LogP contribution in [0.15, 0.2) is 41.1 Å². The molecule has 1 amide bonds. The van der Waals surface area contributed by atoms with Gasteiger partial charge in [0.25, 0.3) is 5.91 Å². The third-order valence-corrected chi connectivity index (χ3v) is 2.98. The Morgan fingerprint density at radius 1 is 1.30 bits per heavy atom. The van der Waals surface area contributed by atoms with Crippen molar-refractivity contribution in [3.63, 3.8) is 0 Å². The van der Waals surface area contributed by atoms with Gasteiger partial charge < -0.3 is 15.4 Å². The summed E-state index contributed by atoms with van der Waals surface area (Å²) in [6.45, 7) is 0. The van der Waals surface area contributed by atoms with Gasteiger partial charge in [0, 0.05) is 36.5 Å². The zero-order valence-corrected chi connectivity index (χ0v) is 12.7. The van der Waals surface area contributed by atoms with Crippen molar-refractivity contribution in [2.45, 2.75) is 0 Å². The van der Waals surface area contributed by atoms with Crippen molar-refractivity contribution in [2.75, 3.05) is 19.8 Å². The van der Waals surface area contributed by atoms with Crippen molar-refractivity contribution in [3.05, 3.63) is 46.7 Å². The number of benzene rings is 1. The van der Waals surface area contributed by atoms with Crippen LogP contribution in [-0.4, -0.2) is 29.9 Å². The van der Waals surface area contributed by atoms with E-state index in [0.29, 0.717) is 22.7 Å². The maximum absolute atomic E-state index is 12.1. The Balaban J connectivity index is 2.39. The van der Waals surface area contributed by atoms with E-state index in [1.807, 2.05) is 0 Å². The molecule has 0 aliphatic rings. The predicted octanol–water partition coefficient (Wildman–Crippen LogP) is 2.92. The molecule has 1 aromatic heterocycles. The number of pyridine rings is 1. The number of carbonyl (C=O) groups excluding carboxylic acids is 1. The van der Waals surface area contributed by atoms with Crippen LogP contribution in [0.3, 0.4) is 0 Å². The van der Waals surface area contributed by atoms with Crippen LogP contribution in [0.5, 0.6) is 11.5 Å². The summed E-state index contributed by atoms with van der Waals surface area (Å²) in [7, 11) is 3.37. The van der Waals surface area contributed by atoms with Gasteiger partial charge in [-0.3, -0.25) is 9.78 Å². The summed E-state index contributed by atoms with van der Waals surface area (Å²) in [5.74, 6) is 0.782. The van der Waals surface area contributed by atoms with Gasteiger partial charge in [-0.1, -0.05) is 0 Å². The third kappa shape index (κ3) is 3.27. The predicted molar refractivity (Wildman–Crippen MR) is 80.9 cm³/mol. The lowest BCUT2D eigenvalue weighted by Crippen LogP contribution is -2.22. The Morgan fingerprint density at radius 3 is 2.70 bits per heavy atom. The summed E-state index contributed by atoms with van der Waals surface area (Å²) < 4.78 is 6.51. The molecule has 5 nitrogen and oxygen atoms in total. The molecule has 0 atom stereocenters. The van der Waals surface area contributed by atoms with E-state index in [2.05, 4.69) is 20.9 Å². The van der Waals surface area contributed by atoms with E-state index >= 15 is 0 Å². The molecule has 104 valence electrons. The summed E-state index contributed by atoms with van der Waals surface area (Å²) >= 11 is 3.32. The zero-order valence-electron chi connectivity index (χ0n) is 11.1. The molecule has 0 aliphatic heterocycles. The van der Waals surface area contributed by atoms with Crippen molar-refractivity contribution >= 4 is 27.5 Å². The molecule has 1 heterocycles. The molecule has 6 heteroatoms. The van der Waals surface area contributed by atoms with Gasteiger partial charge in [0.1, 0.15) is 11.5 Å². The Bertz CT molecular complexity index is 644. The largest absolute Gasteiger partial charge is 0.455 e. The number of nitrogens with zero attached hydrogens (tertiary/aromatic N) is 2. The van der Waals surface area contributed by atoms with E-state index < -0.39 is 0 Å². The van der Waals surface area contributed by atoms with E-state index in [9.17, 15) is 4.79 Å². The Morgan fingerprint density at radius 2 is 2.05 bits per heavy atom. The second kappa shape index (κ2) is 5.92. The van der Waals surface area contributed by atoms with Crippen molar-refractivity contribution in [1.82, 2.24) is 9.88 Å². The molecule has 2 aromatic rings. The number of ether oxygens (including phenoxy) is 1. The number of nitrogens with two attached hydrogens (primary N) is 1. The highest BCUT2D eigenvalue weighted by molar-refractivity contribution is 9.10. The molecule has 0 aliphatic carbocycles. The first-order valence-electron chi connectivity index (χ1n) is 5.87. The number of hydrogen-bond donors (Lipinski definition) is 1. The number of hydrogen-bond acceptors (Lipinski definition) is 4. The maximum Gasteiger partial charge on any atom is 0.257 e. The average Bonchev–Trinajstić information content (AvgIpc) is 2.38. The standard InChI is InChI=1S/C14H14BrN3O2/c1-18(2)14(19)12-4-3-10(16)6-13(12)20-11-5-9(15)7-17-8-11/h3-8H,16H2,1-2H3. The molecule has 1 aromatic carbocycles. The quantitative estimate of drug-likeness (QED) is 0.875. The number of anilines is 1. The Kier molecular flexibility index (Phi) is 4.24. The first kappa shape index (κ1) is 14.3. The minimum absolute atomic E-state index is 0.150. The number of halogens is 1. The molecule has 2 rings (SSSR count). The molecule has 0 spiro atoms. The van der Waals surface area contributed by atoms with Crippen LogP contribution in [-0.2, 0) is 0 Å². The van der Waals surface area contributed by atoms with Crippen molar-refractivity contribution in [3.8, 4) is 11.5 Å². The first-order valence-corrected chi connectivity index (χ1v) is 6.66. The van der Waals surface area contributed by atoms with E-state index in [1.54, 1.807) is 50.8 Å². The van der Waals surface area contributed by atoms with Crippen LogP contribution < -0.4 is 10.5 Å². The number of rotatable bonds is 3. The van der Waals surface area contributed by atoms with E-state index in [0.717, 1.165) is 4.47 Å². The minimum atomic E-state index is -0.150. The summed E-state index contributed by atoms with van der Waals surface area (Å²) in [5, 5.41) is 0. The monoisotopic (exact) mass is 335 g/mol. The van der Waals surface area contributed by atoms with Crippen LogP contribution >= 0.6 is 15.9 Å². The SMILES string of the molecule is CN(C)C(=O)c1ccc(N)cc1Oc1cncc(Br)c1. The second-order valence-electron chi connectivity index (χ2n) is 4.40. The van der Waals surface area contributed by atoms with Crippen LogP contribution in [0, 0.1) is 0 Å². The van der Waals surface area contributed by atoms with E-state index in [-0.39, 0.29) is 5.91 Å². The van der Waals surface area contributed by atoms with Gasteiger partial charge in [-0.05, 0) is 34.1 Å². The first-order chi connectivity index (χ1) is 9.47. The molecule has 0 radical (unpaired) electrons. The van der Waals surface area contributed by atoms with Gasteiger partial charge in [0.2, 0.25) is 0 Å². The molecule has 0 saturated carbocycles. The van der Waals surface area contributed by atoms with Crippen LogP contribution in [0.1, 0.15) is 10.4 Å². The fraction of sp³-hybridized carbons (Fsp3) is 0.143. The van der Waals surface area contributed by atoms with Crippen LogP contribution in [0.25, 0.3) is 0 Å². The van der Waals surface area contributed by atoms with Crippen molar-refractivity contribution < 1.29 is 9.53 Å². The average molecular weight is 336 g/mol. The van der Waals surface area contributed by atoms with Crippen LogP contribution in [0.4, 0.5) is 5.69 Å². The second-order valence-corrected chi connectivity index (χ2v) is 5.31. The topological polar surface area (TPSA) is 68.5 Å². The molecular weight excluding hydrogens is 322 g/mol. The molecular formula is C14H14BrN3O2. The van der Waals surface area contributed by atoms with Crippen molar-refractivity contribution in [1.29, 1.82) is 0 Å². The van der Waals surface area contributed by atoms with Gasteiger partial charge in [-0.15, -0.1) is 0 Å². The lowest BCUT2D eigenvalue weighted by atomic mass is 10.1. The zero-order chi connectivity index (χ0) is 14.7. The van der Waals surface area contributed by atoms with E-state index in [1.165, 1.54) is 4.90 Å². The lowest BCUT2D eigenvalue weighted by Gasteiger charge is -2.15. The summed E-state index contributed by atoms with van der Waals surface area (Å²) in [5.41, 5.74) is 6.73. The number of nitrogen functional groups attached to an aromatic ring is 1. The van der Waals surface area contributed by atoms with Gasteiger partial charge in [0.15, 0.2) is 0 Å². The summed E-state index contributed by atoms with van der Waals surface area (Å²) in [6, 6.07) is 6.71. The maximum atomic E-state index is 12.1. The number of amides is 1. The van der Waals surface area contributed by atoms with E-state index in [4.69, 9.17) is 10.5 Å². The molecule has 0 fully saturated rings. The molecule has 0 unspecified atom stereocenters. The number of aromatic nitrogens is 1. The molecule has 20 heavy (non-hydrogen) atoms. The third-order valence-electron chi connectivity index (χ3n) is 2.55. The number of carbonyl (C=O) groups is 1. The Labute approximate surface area is 125 Å².